The first-order chi connectivity index (χ1) is 10.6. The zero-order valence-electron chi connectivity index (χ0n) is 12.1. The molecule has 1 aromatic rings. The van der Waals surface area contributed by atoms with E-state index in [4.69, 9.17) is 16.3 Å². The lowest BCUT2D eigenvalue weighted by atomic mass is 10.1. The van der Waals surface area contributed by atoms with E-state index >= 15 is 0 Å². The molecule has 1 unspecified atom stereocenters. The number of likely N-dealkylation sites (tertiary alicyclic amines) is 1. The van der Waals surface area contributed by atoms with Crippen molar-refractivity contribution in [2.45, 2.75) is 25.3 Å². The number of pyridine rings is 1. The smallest absolute Gasteiger partial charge is 0.229 e. The Labute approximate surface area is 133 Å². The number of ether oxygens (including phenoxy) is 1. The van der Waals surface area contributed by atoms with Gasteiger partial charge in [-0.3, -0.25) is 9.59 Å². The molecular weight excluding hydrogens is 306 g/mol. The Kier molecular flexibility index (Phi) is 4.59. The van der Waals surface area contributed by atoms with Crippen LogP contribution in [0.4, 0.5) is 5.69 Å². The minimum atomic E-state index is -0.314. The first-order valence-corrected chi connectivity index (χ1v) is 7.81. The summed E-state index contributed by atoms with van der Waals surface area (Å²) < 4.78 is 5.32. The Morgan fingerprint density at radius 2 is 2.14 bits per heavy atom. The number of halogens is 1. The Morgan fingerprint density at radius 3 is 2.82 bits per heavy atom. The Bertz CT molecular complexity index is 558. The molecule has 2 saturated heterocycles. The maximum absolute atomic E-state index is 12.3. The van der Waals surface area contributed by atoms with Crippen LogP contribution in [0.25, 0.3) is 0 Å². The van der Waals surface area contributed by atoms with Crippen LogP contribution in [0.5, 0.6) is 0 Å². The van der Waals surface area contributed by atoms with E-state index in [2.05, 4.69) is 10.3 Å². The van der Waals surface area contributed by atoms with Crippen molar-refractivity contribution in [1.29, 1.82) is 0 Å². The summed E-state index contributed by atoms with van der Waals surface area (Å²) in [6.45, 7) is 1.85. The molecule has 3 rings (SSSR count). The second-order valence-electron chi connectivity index (χ2n) is 5.65. The maximum atomic E-state index is 12.3. The molecule has 0 spiro atoms. The molecule has 1 N–H and O–H groups in total. The molecule has 2 aliphatic heterocycles. The van der Waals surface area contributed by atoms with Gasteiger partial charge in [-0.15, -0.1) is 0 Å². The number of carbonyl (C=O) groups is 2. The second kappa shape index (κ2) is 6.62. The van der Waals surface area contributed by atoms with Crippen molar-refractivity contribution in [3.05, 3.63) is 23.5 Å². The van der Waals surface area contributed by atoms with Crippen molar-refractivity contribution in [3.8, 4) is 0 Å². The molecule has 0 bridgehead atoms. The van der Waals surface area contributed by atoms with E-state index < -0.39 is 0 Å². The lowest BCUT2D eigenvalue weighted by Crippen LogP contribution is -2.41. The molecule has 0 aliphatic carbocycles. The molecule has 6 nitrogen and oxygen atoms in total. The van der Waals surface area contributed by atoms with Gasteiger partial charge in [0.2, 0.25) is 11.8 Å². The van der Waals surface area contributed by atoms with Gasteiger partial charge in [-0.2, -0.15) is 0 Å². The molecule has 2 fully saturated rings. The fraction of sp³-hybridized carbons (Fsp3) is 0.533. The normalized spacial score (nSPS) is 22.9. The molecule has 118 valence electrons. The minimum Gasteiger partial charge on any atom is -0.381 e. The standard InChI is InChI=1S/C15H18ClN3O3/c16-13-2-1-11(8-17-13)18-15(21)10-7-14(20)19(9-10)12-3-5-22-6-4-12/h1-2,8,10,12H,3-7,9H2,(H,18,21). The average molecular weight is 324 g/mol. The number of hydrogen-bond acceptors (Lipinski definition) is 4. The summed E-state index contributed by atoms with van der Waals surface area (Å²) in [6.07, 6.45) is 3.47. The van der Waals surface area contributed by atoms with E-state index in [1.165, 1.54) is 6.20 Å². The van der Waals surface area contributed by atoms with E-state index in [1.54, 1.807) is 12.1 Å². The Morgan fingerprint density at radius 1 is 1.36 bits per heavy atom. The second-order valence-corrected chi connectivity index (χ2v) is 6.04. The predicted octanol–water partition coefficient (Wildman–Crippen LogP) is 1.70. The molecule has 22 heavy (non-hydrogen) atoms. The van der Waals surface area contributed by atoms with Gasteiger partial charge in [0, 0.05) is 32.2 Å². The first kappa shape index (κ1) is 15.2. The van der Waals surface area contributed by atoms with Crippen molar-refractivity contribution in [2.24, 2.45) is 5.92 Å². The number of nitrogens with one attached hydrogen (secondary N) is 1. The number of hydrogen-bond donors (Lipinski definition) is 1. The summed E-state index contributed by atoms with van der Waals surface area (Å²) >= 11 is 5.71. The van der Waals surface area contributed by atoms with Crippen LogP contribution in [0.2, 0.25) is 5.15 Å². The number of amides is 2. The first-order valence-electron chi connectivity index (χ1n) is 7.43. The number of rotatable bonds is 3. The molecule has 0 aromatic carbocycles. The van der Waals surface area contributed by atoms with Gasteiger partial charge in [0.1, 0.15) is 5.15 Å². The lowest BCUT2D eigenvalue weighted by Gasteiger charge is -2.31. The number of carbonyl (C=O) groups excluding carboxylic acids is 2. The average Bonchev–Trinajstić information content (AvgIpc) is 2.92. The summed E-state index contributed by atoms with van der Waals surface area (Å²) in [7, 11) is 0. The molecule has 2 aliphatic rings. The fourth-order valence-corrected chi connectivity index (χ4v) is 3.06. The van der Waals surface area contributed by atoms with E-state index in [-0.39, 0.29) is 30.2 Å². The highest BCUT2D eigenvalue weighted by molar-refractivity contribution is 6.29. The van der Waals surface area contributed by atoms with Crippen LogP contribution in [-0.4, -0.2) is 47.5 Å². The number of anilines is 1. The summed E-state index contributed by atoms with van der Waals surface area (Å²) in [5.74, 6) is -0.403. The van der Waals surface area contributed by atoms with Crippen molar-refractivity contribution >= 4 is 29.1 Å². The van der Waals surface area contributed by atoms with Gasteiger partial charge in [0.15, 0.2) is 0 Å². The molecule has 0 radical (unpaired) electrons. The maximum Gasteiger partial charge on any atom is 0.229 e. The summed E-state index contributed by atoms with van der Waals surface area (Å²) in [5, 5.41) is 3.17. The monoisotopic (exact) mass is 323 g/mol. The third kappa shape index (κ3) is 3.39. The van der Waals surface area contributed by atoms with Gasteiger partial charge in [-0.05, 0) is 25.0 Å². The zero-order valence-corrected chi connectivity index (χ0v) is 12.9. The highest BCUT2D eigenvalue weighted by atomic mass is 35.5. The van der Waals surface area contributed by atoms with Crippen LogP contribution in [0.3, 0.4) is 0 Å². The van der Waals surface area contributed by atoms with Crippen LogP contribution < -0.4 is 5.32 Å². The molecule has 2 amide bonds. The Balaban J connectivity index is 1.59. The third-order valence-electron chi connectivity index (χ3n) is 4.16. The highest BCUT2D eigenvalue weighted by Crippen LogP contribution is 2.26. The zero-order chi connectivity index (χ0) is 15.5. The van der Waals surface area contributed by atoms with Crippen LogP contribution in [0, 0.1) is 5.92 Å². The van der Waals surface area contributed by atoms with Gasteiger partial charge in [0.05, 0.1) is 17.8 Å². The van der Waals surface area contributed by atoms with E-state index in [0.717, 1.165) is 12.8 Å². The third-order valence-corrected chi connectivity index (χ3v) is 4.38. The van der Waals surface area contributed by atoms with Gasteiger partial charge >= 0.3 is 0 Å². The number of nitrogens with zero attached hydrogens (tertiary/aromatic N) is 2. The van der Waals surface area contributed by atoms with E-state index in [0.29, 0.717) is 30.6 Å². The van der Waals surface area contributed by atoms with Crippen LogP contribution in [-0.2, 0) is 14.3 Å². The van der Waals surface area contributed by atoms with Gasteiger partial charge in [0.25, 0.3) is 0 Å². The van der Waals surface area contributed by atoms with E-state index in [1.807, 2.05) is 4.90 Å². The number of aromatic nitrogens is 1. The molecule has 1 aromatic heterocycles. The summed E-state index contributed by atoms with van der Waals surface area (Å²) in [5.41, 5.74) is 0.589. The topological polar surface area (TPSA) is 71.5 Å². The van der Waals surface area contributed by atoms with Crippen molar-refractivity contribution in [2.75, 3.05) is 25.1 Å². The molecule has 0 saturated carbocycles. The molecule has 7 heteroatoms. The largest absolute Gasteiger partial charge is 0.381 e. The molecule has 1 atom stereocenters. The van der Waals surface area contributed by atoms with Gasteiger partial charge < -0.3 is 15.0 Å². The van der Waals surface area contributed by atoms with Gasteiger partial charge in [-0.1, -0.05) is 11.6 Å². The van der Waals surface area contributed by atoms with Gasteiger partial charge in [-0.25, -0.2) is 4.98 Å². The van der Waals surface area contributed by atoms with Crippen LogP contribution in [0.15, 0.2) is 18.3 Å². The fourth-order valence-electron chi connectivity index (χ4n) is 2.95. The van der Waals surface area contributed by atoms with Crippen molar-refractivity contribution in [1.82, 2.24) is 9.88 Å². The summed E-state index contributed by atoms with van der Waals surface area (Å²) in [6, 6.07) is 3.52. The predicted molar refractivity (Wildman–Crippen MR) is 81.5 cm³/mol. The van der Waals surface area contributed by atoms with Crippen molar-refractivity contribution < 1.29 is 14.3 Å². The van der Waals surface area contributed by atoms with Crippen molar-refractivity contribution in [3.63, 3.8) is 0 Å². The highest BCUT2D eigenvalue weighted by Gasteiger charge is 2.38. The van der Waals surface area contributed by atoms with E-state index in [9.17, 15) is 9.59 Å². The Hall–Kier alpha value is -1.66. The molecule has 3 heterocycles. The molecular formula is C15H18ClN3O3. The minimum absolute atomic E-state index is 0.0567. The van der Waals surface area contributed by atoms with Crippen LogP contribution in [0.1, 0.15) is 19.3 Å². The SMILES string of the molecule is O=C(Nc1ccc(Cl)nc1)C1CC(=O)N(C2CCOCC2)C1. The lowest BCUT2D eigenvalue weighted by molar-refractivity contribution is -0.131. The summed E-state index contributed by atoms with van der Waals surface area (Å²) in [4.78, 5) is 30.2. The van der Waals surface area contributed by atoms with Crippen LogP contribution >= 0.6 is 11.6 Å². The quantitative estimate of drug-likeness (QED) is 0.859.